The molecule has 0 saturated carbocycles. The summed E-state index contributed by atoms with van der Waals surface area (Å²) in [6.45, 7) is 4.01. The van der Waals surface area contributed by atoms with E-state index in [4.69, 9.17) is 4.74 Å². The highest BCUT2D eigenvalue weighted by Gasteiger charge is 2.22. The first-order valence-electron chi connectivity index (χ1n) is 6.03. The molecule has 1 aromatic carbocycles. The molecule has 0 spiro atoms. The van der Waals surface area contributed by atoms with Gasteiger partial charge in [0, 0.05) is 11.6 Å². The van der Waals surface area contributed by atoms with E-state index in [0.29, 0.717) is 12.2 Å². The summed E-state index contributed by atoms with van der Waals surface area (Å²) in [4.78, 5) is 13.4. The molecule has 0 saturated heterocycles. The molecule has 1 aromatic rings. The van der Waals surface area contributed by atoms with Crippen molar-refractivity contribution in [3.8, 4) is 0 Å². The molecule has 0 aromatic heterocycles. The van der Waals surface area contributed by atoms with E-state index < -0.39 is 0 Å². The number of carbonyl (C=O) groups is 1. The summed E-state index contributed by atoms with van der Waals surface area (Å²) in [5.41, 5.74) is 1.51. The smallest absolute Gasteiger partial charge is 0.307 e. The van der Waals surface area contributed by atoms with E-state index in [2.05, 4.69) is 0 Å². The first kappa shape index (κ1) is 14.6. The molecule has 4 heteroatoms. The topological polar surface area (TPSA) is 29.5 Å². The van der Waals surface area contributed by atoms with Crippen LogP contribution in [0.2, 0.25) is 0 Å². The molecular weight excluding hydrogens is 233 g/mol. The van der Waals surface area contributed by atoms with Gasteiger partial charge in [0.25, 0.3) is 0 Å². The number of rotatable bonds is 5. The van der Waals surface area contributed by atoms with E-state index in [0.717, 1.165) is 5.56 Å². The molecule has 1 atom stereocenters. The first-order chi connectivity index (χ1) is 8.45. The lowest BCUT2D eigenvalue weighted by Crippen LogP contribution is -2.24. The third-order valence-corrected chi connectivity index (χ3v) is 2.80. The number of halogens is 1. The molecule has 0 aliphatic heterocycles. The molecule has 3 nitrogen and oxygen atoms in total. The zero-order valence-electron chi connectivity index (χ0n) is 11.4. The lowest BCUT2D eigenvalue weighted by Gasteiger charge is -2.24. The van der Waals surface area contributed by atoms with Crippen molar-refractivity contribution in [2.45, 2.75) is 26.3 Å². The van der Waals surface area contributed by atoms with Crippen LogP contribution in [0.15, 0.2) is 18.2 Å². The second-order valence-corrected chi connectivity index (χ2v) is 4.51. The maximum absolute atomic E-state index is 13.8. The van der Waals surface area contributed by atoms with Gasteiger partial charge in [-0.25, -0.2) is 4.39 Å². The predicted molar refractivity (Wildman–Crippen MR) is 68.8 cm³/mol. The van der Waals surface area contributed by atoms with Gasteiger partial charge in [-0.2, -0.15) is 0 Å². The van der Waals surface area contributed by atoms with Crippen molar-refractivity contribution in [1.82, 2.24) is 4.90 Å². The van der Waals surface area contributed by atoms with Gasteiger partial charge in [-0.3, -0.25) is 4.79 Å². The molecule has 1 rings (SSSR count). The molecule has 0 radical (unpaired) electrons. The normalized spacial score (nSPS) is 12.6. The van der Waals surface area contributed by atoms with Crippen LogP contribution in [0.5, 0.6) is 0 Å². The maximum Gasteiger partial charge on any atom is 0.307 e. The summed E-state index contributed by atoms with van der Waals surface area (Å²) in [6, 6.07) is 4.63. The molecule has 1 unspecified atom stereocenters. The highest BCUT2D eigenvalue weighted by atomic mass is 19.1. The Hall–Kier alpha value is -1.42. The summed E-state index contributed by atoms with van der Waals surface area (Å²) in [5.74, 6) is -0.597. The molecule has 0 amide bonds. The van der Waals surface area contributed by atoms with Crippen LogP contribution in [-0.4, -0.2) is 31.6 Å². The Morgan fingerprint density at radius 3 is 2.67 bits per heavy atom. The van der Waals surface area contributed by atoms with Gasteiger partial charge < -0.3 is 9.64 Å². The first-order valence-corrected chi connectivity index (χ1v) is 6.03. The van der Waals surface area contributed by atoms with Crippen molar-refractivity contribution in [2.75, 3.05) is 20.7 Å². The van der Waals surface area contributed by atoms with E-state index in [1.54, 1.807) is 19.1 Å². The number of nitrogens with zero attached hydrogens (tertiary/aromatic N) is 1. The number of hydrogen-bond donors (Lipinski definition) is 0. The minimum Gasteiger partial charge on any atom is -0.466 e. The fourth-order valence-electron chi connectivity index (χ4n) is 1.87. The fourth-order valence-corrected chi connectivity index (χ4v) is 1.87. The van der Waals surface area contributed by atoms with Crippen LogP contribution in [0.3, 0.4) is 0 Å². The van der Waals surface area contributed by atoms with Gasteiger partial charge >= 0.3 is 5.97 Å². The van der Waals surface area contributed by atoms with Crippen LogP contribution in [0, 0.1) is 12.7 Å². The molecule has 0 N–H and O–H groups in total. The van der Waals surface area contributed by atoms with Crippen LogP contribution in [-0.2, 0) is 9.53 Å². The van der Waals surface area contributed by atoms with Crippen LogP contribution >= 0.6 is 0 Å². The fraction of sp³-hybridized carbons (Fsp3) is 0.500. The molecule has 0 aliphatic rings. The Kier molecular flexibility index (Phi) is 5.28. The number of ether oxygens (including phenoxy) is 1. The average molecular weight is 253 g/mol. The molecule has 100 valence electrons. The highest BCUT2D eigenvalue weighted by molar-refractivity contribution is 5.70. The van der Waals surface area contributed by atoms with Crippen molar-refractivity contribution in [2.24, 2.45) is 0 Å². The predicted octanol–water partition coefficient (Wildman–Crippen LogP) is 2.69. The Balaban J connectivity index is 2.97. The summed E-state index contributed by atoms with van der Waals surface area (Å²) in [7, 11) is 3.65. The van der Waals surface area contributed by atoms with Gasteiger partial charge in [0.1, 0.15) is 5.82 Å². The number of esters is 1. The minimum atomic E-state index is -0.308. The van der Waals surface area contributed by atoms with E-state index in [1.165, 1.54) is 6.07 Å². The number of aryl methyl sites for hydroxylation is 1. The number of carbonyl (C=O) groups excluding carboxylic acids is 1. The van der Waals surface area contributed by atoms with Crippen molar-refractivity contribution in [3.05, 3.63) is 35.1 Å². The van der Waals surface area contributed by atoms with Gasteiger partial charge in [0.2, 0.25) is 0 Å². The quantitative estimate of drug-likeness (QED) is 0.756. The lowest BCUT2D eigenvalue weighted by molar-refractivity contribution is -0.144. The monoisotopic (exact) mass is 253 g/mol. The van der Waals surface area contributed by atoms with Crippen molar-refractivity contribution < 1.29 is 13.9 Å². The highest BCUT2D eigenvalue weighted by Crippen LogP contribution is 2.26. The van der Waals surface area contributed by atoms with Crippen LogP contribution in [0.1, 0.15) is 30.5 Å². The van der Waals surface area contributed by atoms with E-state index in [9.17, 15) is 9.18 Å². The molecule has 0 aliphatic carbocycles. The Morgan fingerprint density at radius 2 is 2.11 bits per heavy atom. The number of hydrogen-bond acceptors (Lipinski definition) is 3. The standard InChI is InChI=1S/C14H20FNO2/c1-5-18-14(17)9-13(16(3)4)11-8-10(2)6-7-12(11)15/h6-8,13H,5,9H2,1-4H3. The Morgan fingerprint density at radius 1 is 1.44 bits per heavy atom. The third-order valence-electron chi connectivity index (χ3n) is 2.80. The summed E-state index contributed by atoms with van der Waals surface area (Å²) >= 11 is 0. The van der Waals surface area contributed by atoms with Crippen molar-refractivity contribution >= 4 is 5.97 Å². The van der Waals surface area contributed by atoms with Gasteiger partial charge in [-0.1, -0.05) is 17.7 Å². The Bertz CT molecular complexity index is 418. The molecule has 0 fully saturated rings. The van der Waals surface area contributed by atoms with E-state index in [-0.39, 0.29) is 24.2 Å². The average Bonchev–Trinajstić information content (AvgIpc) is 2.29. The second-order valence-electron chi connectivity index (χ2n) is 4.51. The molecule has 18 heavy (non-hydrogen) atoms. The van der Waals surface area contributed by atoms with Gasteiger partial charge in [-0.15, -0.1) is 0 Å². The Labute approximate surface area is 108 Å². The zero-order chi connectivity index (χ0) is 13.7. The summed E-state index contributed by atoms with van der Waals surface area (Å²) < 4.78 is 18.8. The van der Waals surface area contributed by atoms with Crippen LogP contribution in [0.25, 0.3) is 0 Å². The second kappa shape index (κ2) is 6.50. The van der Waals surface area contributed by atoms with E-state index >= 15 is 0 Å². The van der Waals surface area contributed by atoms with Gasteiger partial charge in [0.15, 0.2) is 0 Å². The van der Waals surface area contributed by atoms with Crippen molar-refractivity contribution in [3.63, 3.8) is 0 Å². The summed E-state index contributed by atoms with van der Waals surface area (Å²) in [6.07, 6.45) is 0.154. The van der Waals surface area contributed by atoms with Crippen LogP contribution < -0.4 is 0 Å². The number of benzene rings is 1. The lowest BCUT2D eigenvalue weighted by atomic mass is 10.00. The maximum atomic E-state index is 13.8. The van der Waals surface area contributed by atoms with Crippen LogP contribution in [0.4, 0.5) is 4.39 Å². The minimum absolute atomic E-state index is 0.154. The SMILES string of the molecule is CCOC(=O)CC(c1cc(C)ccc1F)N(C)C. The third kappa shape index (κ3) is 3.81. The molecule has 0 heterocycles. The molecule has 0 bridgehead atoms. The van der Waals surface area contributed by atoms with Crippen molar-refractivity contribution in [1.29, 1.82) is 0 Å². The van der Waals surface area contributed by atoms with Gasteiger partial charge in [0.05, 0.1) is 13.0 Å². The summed E-state index contributed by atoms with van der Waals surface area (Å²) in [5, 5.41) is 0. The van der Waals surface area contributed by atoms with E-state index in [1.807, 2.05) is 25.9 Å². The largest absolute Gasteiger partial charge is 0.466 e. The zero-order valence-corrected chi connectivity index (χ0v) is 11.4. The molecular formula is C14H20FNO2. The van der Waals surface area contributed by atoms with Gasteiger partial charge in [-0.05, 0) is 34.0 Å².